The van der Waals surface area contributed by atoms with E-state index in [-0.39, 0.29) is 0 Å². The summed E-state index contributed by atoms with van der Waals surface area (Å²) < 4.78 is 0. The molecule has 0 spiro atoms. The molecule has 3 rings (SSSR count). The number of hydrogen-bond acceptors (Lipinski definition) is 3. The second-order valence-corrected chi connectivity index (χ2v) is 6.80. The Balaban J connectivity index is 1.65. The normalized spacial score (nSPS) is 18.2. The van der Waals surface area contributed by atoms with E-state index in [1.807, 2.05) is 11.8 Å². The van der Waals surface area contributed by atoms with Gasteiger partial charge >= 0.3 is 0 Å². The number of nitrogens with one attached hydrogen (secondary N) is 1. The molecule has 3 heteroatoms. The van der Waals surface area contributed by atoms with Crippen molar-refractivity contribution in [3.8, 4) is 0 Å². The molecule has 0 saturated carbocycles. The molecule has 2 aromatic carbocycles. The summed E-state index contributed by atoms with van der Waals surface area (Å²) in [4.78, 5) is 0. The van der Waals surface area contributed by atoms with Gasteiger partial charge in [0.05, 0.1) is 5.60 Å². The van der Waals surface area contributed by atoms with E-state index >= 15 is 0 Å². The Morgan fingerprint density at radius 2 is 1.80 bits per heavy atom. The Kier molecular flexibility index (Phi) is 4.29. The Morgan fingerprint density at radius 3 is 2.65 bits per heavy atom. The molecule has 0 aromatic heterocycles. The van der Waals surface area contributed by atoms with Gasteiger partial charge in [0.2, 0.25) is 0 Å². The van der Waals surface area contributed by atoms with Crippen molar-refractivity contribution >= 4 is 22.5 Å². The molecule has 20 heavy (non-hydrogen) atoms. The highest BCUT2D eigenvalue weighted by atomic mass is 32.2. The predicted octanol–water partition coefficient (Wildman–Crippen LogP) is 3.19. The average molecular weight is 287 g/mol. The molecule has 0 atom stereocenters. The number of hydrogen-bond donors (Lipinski definition) is 2. The van der Waals surface area contributed by atoms with E-state index in [1.165, 1.54) is 16.3 Å². The Labute approximate surface area is 124 Å². The molecule has 0 aliphatic carbocycles. The summed E-state index contributed by atoms with van der Waals surface area (Å²) in [6.07, 6.45) is 1.81. The number of aliphatic hydroxyl groups is 1. The van der Waals surface area contributed by atoms with Crippen LogP contribution in [0.3, 0.4) is 0 Å². The summed E-state index contributed by atoms with van der Waals surface area (Å²) in [5.74, 6) is 2.15. The fourth-order valence-electron chi connectivity index (χ4n) is 2.80. The molecule has 0 radical (unpaired) electrons. The topological polar surface area (TPSA) is 32.3 Å². The van der Waals surface area contributed by atoms with Crippen LogP contribution < -0.4 is 5.32 Å². The molecule has 1 aliphatic rings. The maximum Gasteiger partial charge on any atom is 0.0787 e. The predicted molar refractivity (Wildman–Crippen MR) is 87.2 cm³/mol. The van der Waals surface area contributed by atoms with E-state index in [0.717, 1.165) is 30.9 Å². The van der Waals surface area contributed by atoms with Crippen LogP contribution in [-0.2, 0) is 6.54 Å². The van der Waals surface area contributed by atoms with Crippen molar-refractivity contribution in [2.45, 2.75) is 25.0 Å². The van der Waals surface area contributed by atoms with Crippen molar-refractivity contribution in [2.75, 3.05) is 18.1 Å². The number of fused-ring (bicyclic) bond motifs is 1. The second kappa shape index (κ2) is 6.17. The fraction of sp³-hybridized carbons (Fsp3) is 0.412. The Morgan fingerprint density at radius 1 is 1.05 bits per heavy atom. The van der Waals surface area contributed by atoms with Crippen molar-refractivity contribution in [3.63, 3.8) is 0 Å². The maximum absolute atomic E-state index is 10.5. The third-order valence-corrected chi connectivity index (χ3v) is 5.06. The highest BCUT2D eigenvalue weighted by molar-refractivity contribution is 7.99. The van der Waals surface area contributed by atoms with Crippen molar-refractivity contribution in [1.82, 2.24) is 5.32 Å². The van der Waals surface area contributed by atoms with Crippen LogP contribution in [0.5, 0.6) is 0 Å². The summed E-state index contributed by atoms with van der Waals surface area (Å²) in [5, 5.41) is 16.5. The summed E-state index contributed by atoms with van der Waals surface area (Å²) in [5.41, 5.74) is 0.799. The van der Waals surface area contributed by atoms with Crippen LogP contribution in [-0.4, -0.2) is 28.8 Å². The van der Waals surface area contributed by atoms with Gasteiger partial charge in [-0.25, -0.2) is 0 Å². The molecular weight excluding hydrogens is 266 g/mol. The van der Waals surface area contributed by atoms with E-state index in [1.54, 1.807) is 0 Å². The summed E-state index contributed by atoms with van der Waals surface area (Å²) in [6, 6.07) is 14.9. The van der Waals surface area contributed by atoms with Gasteiger partial charge < -0.3 is 10.4 Å². The third kappa shape index (κ3) is 3.17. The molecule has 1 fully saturated rings. The van der Waals surface area contributed by atoms with Crippen molar-refractivity contribution in [3.05, 3.63) is 48.0 Å². The van der Waals surface area contributed by atoms with E-state index < -0.39 is 5.60 Å². The molecule has 2 nitrogen and oxygen atoms in total. The molecule has 1 aliphatic heterocycles. The van der Waals surface area contributed by atoms with Crippen LogP contribution in [0, 0.1) is 0 Å². The molecule has 2 aromatic rings. The lowest BCUT2D eigenvalue weighted by Crippen LogP contribution is -2.43. The smallest absolute Gasteiger partial charge is 0.0787 e. The largest absolute Gasteiger partial charge is 0.389 e. The molecular formula is C17H21NOS. The maximum atomic E-state index is 10.5. The quantitative estimate of drug-likeness (QED) is 0.906. The van der Waals surface area contributed by atoms with Gasteiger partial charge in [0.1, 0.15) is 0 Å². The Bertz CT molecular complexity index is 573. The highest BCUT2D eigenvalue weighted by Crippen LogP contribution is 2.26. The molecule has 106 valence electrons. The van der Waals surface area contributed by atoms with Crippen molar-refractivity contribution in [1.29, 1.82) is 0 Å². The van der Waals surface area contributed by atoms with Crippen LogP contribution in [0.25, 0.3) is 10.8 Å². The van der Waals surface area contributed by atoms with Crippen LogP contribution >= 0.6 is 11.8 Å². The second-order valence-electron chi connectivity index (χ2n) is 5.58. The summed E-state index contributed by atoms with van der Waals surface area (Å²) >= 11 is 1.94. The first-order valence-electron chi connectivity index (χ1n) is 7.24. The Hall–Kier alpha value is -1.03. The SMILES string of the molecule is OC1(CNCc2cccc3ccccc23)CCSCC1. The monoisotopic (exact) mass is 287 g/mol. The number of rotatable bonds is 4. The first-order valence-corrected chi connectivity index (χ1v) is 8.40. The molecule has 1 saturated heterocycles. The van der Waals surface area contributed by atoms with E-state index in [2.05, 4.69) is 47.8 Å². The molecule has 0 bridgehead atoms. The first kappa shape index (κ1) is 13.9. The molecule has 1 heterocycles. The van der Waals surface area contributed by atoms with Crippen molar-refractivity contribution < 1.29 is 5.11 Å². The number of thioether (sulfide) groups is 1. The first-order chi connectivity index (χ1) is 9.77. The lowest BCUT2D eigenvalue weighted by Gasteiger charge is -2.32. The van der Waals surface area contributed by atoms with Crippen LogP contribution in [0.15, 0.2) is 42.5 Å². The third-order valence-electron chi connectivity index (χ3n) is 4.07. The lowest BCUT2D eigenvalue weighted by atomic mass is 9.96. The van der Waals surface area contributed by atoms with Gasteiger partial charge in [-0.1, -0.05) is 42.5 Å². The minimum Gasteiger partial charge on any atom is -0.389 e. The van der Waals surface area contributed by atoms with Crippen LogP contribution in [0.1, 0.15) is 18.4 Å². The van der Waals surface area contributed by atoms with Crippen LogP contribution in [0.2, 0.25) is 0 Å². The molecule has 0 unspecified atom stereocenters. The standard InChI is InChI=1S/C17H21NOS/c19-17(8-10-20-11-9-17)13-18-12-15-6-3-5-14-4-1-2-7-16(14)15/h1-7,18-19H,8-13H2. The van der Waals surface area contributed by atoms with E-state index in [0.29, 0.717) is 6.54 Å². The van der Waals surface area contributed by atoms with Gasteiger partial charge in [-0.3, -0.25) is 0 Å². The lowest BCUT2D eigenvalue weighted by molar-refractivity contribution is 0.0320. The molecule has 0 amide bonds. The zero-order valence-electron chi connectivity index (χ0n) is 11.6. The minimum atomic E-state index is -0.504. The zero-order chi connectivity index (χ0) is 13.8. The van der Waals surface area contributed by atoms with Gasteiger partial charge in [0.15, 0.2) is 0 Å². The van der Waals surface area contributed by atoms with Gasteiger partial charge in [-0.15, -0.1) is 0 Å². The van der Waals surface area contributed by atoms with E-state index in [9.17, 15) is 5.11 Å². The highest BCUT2D eigenvalue weighted by Gasteiger charge is 2.28. The summed E-state index contributed by atoms with van der Waals surface area (Å²) in [7, 11) is 0. The van der Waals surface area contributed by atoms with Crippen molar-refractivity contribution in [2.24, 2.45) is 0 Å². The summed E-state index contributed by atoms with van der Waals surface area (Å²) in [6.45, 7) is 1.51. The average Bonchev–Trinajstić information content (AvgIpc) is 2.48. The van der Waals surface area contributed by atoms with Gasteiger partial charge in [0, 0.05) is 13.1 Å². The van der Waals surface area contributed by atoms with Gasteiger partial charge in [-0.2, -0.15) is 11.8 Å². The molecule has 2 N–H and O–H groups in total. The van der Waals surface area contributed by atoms with Gasteiger partial charge in [-0.05, 0) is 40.7 Å². The van der Waals surface area contributed by atoms with Crippen LogP contribution in [0.4, 0.5) is 0 Å². The minimum absolute atomic E-state index is 0.504. The van der Waals surface area contributed by atoms with E-state index in [4.69, 9.17) is 0 Å². The number of benzene rings is 2. The zero-order valence-corrected chi connectivity index (χ0v) is 12.5. The van der Waals surface area contributed by atoms with Gasteiger partial charge in [0.25, 0.3) is 0 Å². The fourth-order valence-corrected chi connectivity index (χ4v) is 4.06.